The average Bonchev–Trinajstić information content (AvgIpc) is 2.68. The minimum atomic E-state index is -0.564. The first-order valence-corrected chi connectivity index (χ1v) is 11.8. The number of nitro groups is 1. The summed E-state index contributed by atoms with van der Waals surface area (Å²) in [7, 11) is 0. The fraction of sp³-hybridized carbons (Fsp3) is 0.593. The molecule has 0 amide bonds. The van der Waals surface area contributed by atoms with Crippen LogP contribution in [0.25, 0.3) is 0 Å². The van der Waals surface area contributed by atoms with Gasteiger partial charge in [0, 0.05) is 10.8 Å². The van der Waals surface area contributed by atoms with E-state index in [4.69, 9.17) is 4.74 Å². The molecule has 0 fully saturated rings. The summed E-state index contributed by atoms with van der Waals surface area (Å²) >= 11 is 0. The van der Waals surface area contributed by atoms with Crippen molar-refractivity contribution in [2.45, 2.75) is 91.1 Å². The largest absolute Gasteiger partial charge is 0.460 e. The highest BCUT2D eigenvalue weighted by atomic mass is 16.6. The number of ether oxygens (including phenoxy) is 1. The molecule has 0 saturated heterocycles. The zero-order valence-corrected chi connectivity index (χ0v) is 20.5. The molecule has 0 aliphatic heterocycles. The molecular weight excluding hydrogens is 402 g/mol. The first-order valence-electron chi connectivity index (χ1n) is 11.8. The van der Waals surface area contributed by atoms with Crippen molar-refractivity contribution in [2.75, 3.05) is 6.54 Å². The Kier molecular flexibility index (Phi) is 17.8. The molecule has 0 heterocycles. The van der Waals surface area contributed by atoms with E-state index >= 15 is 0 Å². The fourth-order valence-corrected chi connectivity index (χ4v) is 2.98. The summed E-state index contributed by atoms with van der Waals surface area (Å²) < 4.78 is 5.29. The highest BCUT2D eigenvalue weighted by Crippen LogP contribution is 2.17. The van der Waals surface area contributed by atoms with Crippen molar-refractivity contribution in [3.63, 3.8) is 0 Å². The van der Waals surface area contributed by atoms with Crippen molar-refractivity contribution in [2.24, 2.45) is 5.92 Å². The molecule has 0 spiro atoms. The van der Waals surface area contributed by atoms with Crippen LogP contribution < -0.4 is 0 Å². The van der Waals surface area contributed by atoms with Gasteiger partial charge in [-0.2, -0.15) is 0 Å². The molecule has 5 heteroatoms. The number of hydrogen-bond acceptors (Lipinski definition) is 4. The van der Waals surface area contributed by atoms with Gasteiger partial charge in [-0.1, -0.05) is 67.7 Å². The lowest BCUT2D eigenvalue weighted by Gasteiger charge is -2.21. The van der Waals surface area contributed by atoms with Crippen molar-refractivity contribution >= 4 is 5.97 Å². The van der Waals surface area contributed by atoms with Gasteiger partial charge in [0.15, 0.2) is 0 Å². The third-order valence-electron chi connectivity index (χ3n) is 4.42. The van der Waals surface area contributed by atoms with Crippen LogP contribution in [0.15, 0.2) is 60.8 Å². The third kappa shape index (κ3) is 22.3. The van der Waals surface area contributed by atoms with Gasteiger partial charge in [-0.15, -0.1) is 0 Å². The zero-order valence-electron chi connectivity index (χ0n) is 20.5. The molecule has 1 atom stereocenters. The lowest BCUT2D eigenvalue weighted by molar-refractivity contribution is -0.488. The zero-order chi connectivity index (χ0) is 24.1. The summed E-state index contributed by atoms with van der Waals surface area (Å²) in [6, 6.07) is 0. The molecular formula is C27H43NO4. The summed E-state index contributed by atoms with van der Waals surface area (Å²) in [4.78, 5) is 22.5. The van der Waals surface area contributed by atoms with Gasteiger partial charge in [-0.05, 0) is 72.1 Å². The van der Waals surface area contributed by atoms with Gasteiger partial charge in [0.1, 0.15) is 5.60 Å². The Bertz CT molecular complexity index is 651. The van der Waals surface area contributed by atoms with Crippen molar-refractivity contribution in [1.82, 2.24) is 0 Å². The van der Waals surface area contributed by atoms with Crippen LogP contribution in [0.5, 0.6) is 0 Å². The first kappa shape index (κ1) is 29.6. The van der Waals surface area contributed by atoms with Crippen LogP contribution in [-0.2, 0) is 9.53 Å². The van der Waals surface area contributed by atoms with Gasteiger partial charge in [0.2, 0.25) is 6.54 Å². The van der Waals surface area contributed by atoms with Crippen LogP contribution >= 0.6 is 0 Å². The van der Waals surface area contributed by atoms with E-state index in [0.717, 1.165) is 44.9 Å². The Morgan fingerprint density at radius 1 is 0.875 bits per heavy atom. The Morgan fingerprint density at radius 2 is 1.34 bits per heavy atom. The number of hydrogen-bond donors (Lipinski definition) is 0. The van der Waals surface area contributed by atoms with Gasteiger partial charge in [-0.25, -0.2) is 0 Å². The van der Waals surface area contributed by atoms with E-state index in [2.05, 4.69) is 67.7 Å². The van der Waals surface area contributed by atoms with Gasteiger partial charge in [-0.3, -0.25) is 14.9 Å². The maximum Gasteiger partial charge on any atom is 0.306 e. The van der Waals surface area contributed by atoms with Crippen LogP contribution in [-0.4, -0.2) is 23.0 Å². The van der Waals surface area contributed by atoms with Gasteiger partial charge < -0.3 is 4.74 Å². The Balaban J connectivity index is 3.98. The molecule has 0 radical (unpaired) electrons. The average molecular weight is 446 g/mol. The minimum Gasteiger partial charge on any atom is -0.460 e. The van der Waals surface area contributed by atoms with E-state index in [1.54, 1.807) is 20.8 Å². The number of carbonyl (C=O) groups is 1. The van der Waals surface area contributed by atoms with E-state index in [-0.39, 0.29) is 29.8 Å². The van der Waals surface area contributed by atoms with Gasteiger partial charge in [0.25, 0.3) is 0 Å². The molecule has 0 saturated carbocycles. The Labute approximate surface area is 195 Å². The number of allylic oxidation sites excluding steroid dienone is 10. The lowest BCUT2D eigenvalue weighted by Crippen LogP contribution is -2.27. The molecule has 0 aliphatic carbocycles. The second-order valence-corrected chi connectivity index (χ2v) is 8.81. The van der Waals surface area contributed by atoms with Crippen LogP contribution in [0, 0.1) is 16.0 Å². The lowest BCUT2D eigenvalue weighted by atomic mass is 9.98. The van der Waals surface area contributed by atoms with E-state index < -0.39 is 5.60 Å². The predicted molar refractivity (Wildman–Crippen MR) is 134 cm³/mol. The van der Waals surface area contributed by atoms with Crippen molar-refractivity contribution in [3.05, 3.63) is 70.9 Å². The maximum absolute atomic E-state index is 12.0. The molecule has 0 aromatic rings. The molecule has 0 aromatic carbocycles. The molecule has 32 heavy (non-hydrogen) atoms. The molecule has 0 aromatic heterocycles. The van der Waals surface area contributed by atoms with Crippen molar-refractivity contribution < 1.29 is 14.5 Å². The monoisotopic (exact) mass is 445 g/mol. The standard InChI is InChI=1S/C27H43NO4/c1-5-6-7-8-9-10-11-12-13-14-15-16-17-18-19-20-21-22-25(24-28(30)31)23-26(29)32-27(2,3)4/h6-7,9-10,12-13,15-16,18-19,25H,5,8,11,14,17,20-24H2,1-4H3/b7-6-,10-9-,13-12-,16-15-,19-18-. The SMILES string of the molecule is CC/C=C\C/C=C\C/C=C\C/C=C\C/C=C\CCCC(CC(=O)OC(C)(C)C)C[N+](=O)[O-]. The van der Waals surface area contributed by atoms with Crippen LogP contribution in [0.2, 0.25) is 0 Å². The third-order valence-corrected chi connectivity index (χ3v) is 4.42. The number of unbranched alkanes of at least 4 members (excludes halogenated alkanes) is 1. The molecule has 0 bridgehead atoms. The van der Waals surface area contributed by atoms with Crippen LogP contribution in [0.3, 0.4) is 0 Å². The first-order chi connectivity index (χ1) is 15.2. The summed E-state index contributed by atoms with van der Waals surface area (Å²) in [6.07, 6.45) is 28.9. The molecule has 0 aliphatic rings. The molecule has 180 valence electrons. The van der Waals surface area contributed by atoms with Gasteiger partial charge >= 0.3 is 5.97 Å². The quantitative estimate of drug-likeness (QED) is 0.0762. The van der Waals surface area contributed by atoms with E-state index in [0.29, 0.717) is 6.42 Å². The number of rotatable bonds is 17. The fourth-order valence-electron chi connectivity index (χ4n) is 2.98. The van der Waals surface area contributed by atoms with Gasteiger partial charge in [0.05, 0.1) is 6.42 Å². The van der Waals surface area contributed by atoms with E-state index in [9.17, 15) is 14.9 Å². The highest BCUT2D eigenvalue weighted by molar-refractivity contribution is 5.70. The summed E-state index contributed by atoms with van der Waals surface area (Å²) in [5, 5.41) is 10.9. The summed E-state index contributed by atoms with van der Waals surface area (Å²) in [5.41, 5.74) is -0.564. The Hall–Kier alpha value is -2.43. The molecule has 0 N–H and O–H groups in total. The summed E-state index contributed by atoms with van der Waals surface area (Å²) in [5.74, 6) is -0.637. The summed E-state index contributed by atoms with van der Waals surface area (Å²) in [6.45, 7) is 7.35. The normalized spacial score (nSPS) is 13.9. The number of esters is 1. The van der Waals surface area contributed by atoms with Crippen LogP contribution in [0.1, 0.15) is 85.5 Å². The smallest absolute Gasteiger partial charge is 0.306 e. The molecule has 5 nitrogen and oxygen atoms in total. The highest BCUT2D eigenvalue weighted by Gasteiger charge is 2.23. The minimum absolute atomic E-state index is 0.101. The predicted octanol–water partition coefficient (Wildman–Crippen LogP) is 7.53. The Morgan fingerprint density at radius 3 is 1.78 bits per heavy atom. The van der Waals surface area contributed by atoms with Crippen molar-refractivity contribution in [1.29, 1.82) is 0 Å². The second kappa shape index (κ2) is 19.3. The number of carbonyl (C=O) groups excluding carboxylic acids is 1. The van der Waals surface area contributed by atoms with Crippen LogP contribution in [0.4, 0.5) is 0 Å². The molecule has 0 rings (SSSR count). The maximum atomic E-state index is 12.0. The van der Waals surface area contributed by atoms with E-state index in [1.807, 2.05) is 0 Å². The van der Waals surface area contributed by atoms with E-state index in [1.165, 1.54) is 0 Å². The second-order valence-electron chi connectivity index (χ2n) is 8.81. The molecule has 1 unspecified atom stereocenters. The number of nitrogens with zero attached hydrogens (tertiary/aromatic N) is 1. The topological polar surface area (TPSA) is 69.4 Å². The van der Waals surface area contributed by atoms with Crippen molar-refractivity contribution in [3.8, 4) is 0 Å².